The molecule has 0 aromatic rings. The standard InChI is InChI=1S/C14H24N2O4/c1-13(7-17)9-19-11(15-13)5-3-4-6-12-16-14(2,8-18)10-20-12/h17-18H,3-10H2,1-2H3. The van der Waals surface area contributed by atoms with Gasteiger partial charge in [-0.05, 0) is 26.7 Å². The third-order valence-corrected chi connectivity index (χ3v) is 3.60. The van der Waals surface area contributed by atoms with Gasteiger partial charge in [0, 0.05) is 12.8 Å². The van der Waals surface area contributed by atoms with Crippen LogP contribution in [0.25, 0.3) is 0 Å². The summed E-state index contributed by atoms with van der Waals surface area (Å²) in [6, 6.07) is 0. The summed E-state index contributed by atoms with van der Waals surface area (Å²) in [6.07, 6.45) is 3.44. The van der Waals surface area contributed by atoms with E-state index in [1.165, 1.54) is 0 Å². The Kier molecular flexibility index (Phi) is 4.65. The van der Waals surface area contributed by atoms with Gasteiger partial charge in [-0.15, -0.1) is 0 Å². The van der Waals surface area contributed by atoms with Crippen molar-refractivity contribution in [1.82, 2.24) is 0 Å². The van der Waals surface area contributed by atoms with Gasteiger partial charge in [0.15, 0.2) is 11.8 Å². The Labute approximate surface area is 119 Å². The molecule has 2 N–H and O–H groups in total. The molecule has 0 bridgehead atoms. The van der Waals surface area contributed by atoms with Crippen molar-refractivity contribution in [1.29, 1.82) is 0 Å². The Hall–Kier alpha value is -1.14. The zero-order valence-electron chi connectivity index (χ0n) is 12.3. The summed E-state index contributed by atoms with van der Waals surface area (Å²) in [7, 11) is 0. The number of aliphatic hydroxyl groups is 2. The highest BCUT2D eigenvalue weighted by Gasteiger charge is 2.31. The van der Waals surface area contributed by atoms with Crippen LogP contribution in [0.15, 0.2) is 9.98 Å². The first-order valence-corrected chi connectivity index (χ1v) is 7.13. The van der Waals surface area contributed by atoms with Crippen molar-refractivity contribution in [3.05, 3.63) is 0 Å². The van der Waals surface area contributed by atoms with E-state index >= 15 is 0 Å². The predicted molar refractivity (Wildman–Crippen MR) is 76.2 cm³/mol. The maximum Gasteiger partial charge on any atom is 0.184 e. The molecular formula is C14H24N2O4. The molecule has 2 unspecified atom stereocenters. The molecule has 6 heteroatoms. The fraction of sp³-hybridized carbons (Fsp3) is 0.857. The largest absolute Gasteiger partial charge is 0.478 e. The van der Waals surface area contributed by atoms with Crippen LogP contribution < -0.4 is 0 Å². The lowest BCUT2D eigenvalue weighted by atomic mass is 10.1. The van der Waals surface area contributed by atoms with Gasteiger partial charge in [0.2, 0.25) is 0 Å². The van der Waals surface area contributed by atoms with E-state index in [2.05, 4.69) is 9.98 Å². The first-order valence-electron chi connectivity index (χ1n) is 7.13. The van der Waals surface area contributed by atoms with Gasteiger partial charge in [0.05, 0.1) is 13.2 Å². The number of aliphatic hydroxyl groups excluding tert-OH is 2. The number of rotatable bonds is 7. The fourth-order valence-corrected chi connectivity index (χ4v) is 2.18. The van der Waals surface area contributed by atoms with Crippen molar-refractivity contribution in [2.45, 2.75) is 50.6 Å². The quantitative estimate of drug-likeness (QED) is 0.681. The monoisotopic (exact) mass is 284 g/mol. The third-order valence-electron chi connectivity index (χ3n) is 3.60. The first kappa shape index (κ1) is 15.3. The highest BCUT2D eigenvalue weighted by atomic mass is 16.5. The number of aliphatic imine (C=N–C) groups is 2. The van der Waals surface area contributed by atoms with Gasteiger partial charge in [0.1, 0.15) is 24.3 Å². The average molecular weight is 284 g/mol. The molecule has 2 rings (SSSR count). The van der Waals surface area contributed by atoms with Crippen LogP contribution in [0.1, 0.15) is 39.5 Å². The van der Waals surface area contributed by atoms with Gasteiger partial charge in [-0.25, -0.2) is 9.98 Å². The molecule has 0 fully saturated rings. The van der Waals surface area contributed by atoms with Crippen LogP contribution in [-0.4, -0.2) is 59.5 Å². The SMILES string of the molecule is CC1(CO)COC(CCCCC2=NC(C)(CO)CO2)=N1. The second-order valence-corrected chi connectivity index (χ2v) is 6.11. The minimum absolute atomic E-state index is 0.0148. The Morgan fingerprint density at radius 2 is 1.30 bits per heavy atom. The van der Waals surface area contributed by atoms with E-state index in [9.17, 15) is 10.2 Å². The van der Waals surface area contributed by atoms with Gasteiger partial charge in [-0.2, -0.15) is 0 Å². The van der Waals surface area contributed by atoms with Crippen molar-refractivity contribution < 1.29 is 19.7 Å². The Balaban J connectivity index is 1.68. The van der Waals surface area contributed by atoms with E-state index in [0.29, 0.717) is 13.2 Å². The topological polar surface area (TPSA) is 83.6 Å². The zero-order chi connectivity index (χ0) is 14.6. The van der Waals surface area contributed by atoms with Crippen LogP contribution >= 0.6 is 0 Å². The molecule has 2 aliphatic rings. The highest BCUT2D eigenvalue weighted by molar-refractivity contribution is 5.79. The summed E-state index contributed by atoms with van der Waals surface area (Å²) in [5, 5.41) is 18.4. The molecule has 0 aromatic heterocycles. The number of hydrogen-bond acceptors (Lipinski definition) is 6. The van der Waals surface area contributed by atoms with Crippen LogP contribution in [0, 0.1) is 0 Å². The average Bonchev–Trinajstić information content (AvgIpc) is 3.00. The highest BCUT2D eigenvalue weighted by Crippen LogP contribution is 2.22. The first-order chi connectivity index (χ1) is 9.49. The van der Waals surface area contributed by atoms with Crippen molar-refractivity contribution in [2.75, 3.05) is 26.4 Å². The normalized spacial score (nSPS) is 32.6. The minimum Gasteiger partial charge on any atom is -0.478 e. The molecule has 0 saturated carbocycles. The summed E-state index contributed by atoms with van der Waals surface area (Å²) >= 11 is 0. The van der Waals surface area contributed by atoms with Gasteiger partial charge >= 0.3 is 0 Å². The predicted octanol–water partition coefficient (Wildman–Crippen LogP) is 0.906. The Morgan fingerprint density at radius 1 is 0.900 bits per heavy atom. The molecular weight excluding hydrogens is 260 g/mol. The second-order valence-electron chi connectivity index (χ2n) is 6.11. The molecule has 6 nitrogen and oxygen atoms in total. The Bertz CT molecular complexity index is 372. The molecule has 0 saturated heterocycles. The van der Waals surface area contributed by atoms with E-state index in [1.807, 2.05) is 13.8 Å². The van der Waals surface area contributed by atoms with Gasteiger partial charge in [-0.1, -0.05) is 0 Å². The zero-order valence-corrected chi connectivity index (χ0v) is 12.3. The number of hydrogen-bond donors (Lipinski definition) is 2. The summed E-state index contributed by atoms with van der Waals surface area (Å²) in [5.74, 6) is 1.46. The molecule has 2 heterocycles. The lowest BCUT2D eigenvalue weighted by Gasteiger charge is -2.12. The van der Waals surface area contributed by atoms with Crippen LogP contribution in [0.3, 0.4) is 0 Å². The summed E-state index contributed by atoms with van der Waals surface area (Å²) in [6.45, 7) is 4.72. The lowest BCUT2D eigenvalue weighted by Crippen LogP contribution is -2.28. The molecule has 2 atom stereocenters. The van der Waals surface area contributed by atoms with Crippen molar-refractivity contribution >= 4 is 11.8 Å². The second kappa shape index (κ2) is 6.10. The third kappa shape index (κ3) is 3.70. The van der Waals surface area contributed by atoms with E-state index in [1.54, 1.807) is 0 Å². The molecule has 0 aliphatic carbocycles. The van der Waals surface area contributed by atoms with E-state index in [0.717, 1.165) is 37.5 Å². The molecule has 0 spiro atoms. The van der Waals surface area contributed by atoms with Gasteiger partial charge < -0.3 is 19.7 Å². The molecule has 2 aliphatic heterocycles. The summed E-state index contributed by atoms with van der Waals surface area (Å²) in [5.41, 5.74) is -0.923. The Morgan fingerprint density at radius 3 is 1.60 bits per heavy atom. The molecule has 0 radical (unpaired) electrons. The molecule has 0 amide bonds. The molecule has 20 heavy (non-hydrogen) atoms. The smallest absolute Gasteiger partial charge is 0.184 e. The maximum atomic E-state index is 9.19. The molecule has 0 aromatic carbocycles. The van der Waals surface area contributed by atoms with Crippen molar-refractivity contribution in [2.24, 2.45) is 9.98 Å². The van der Waals surface area contributed by atoms with Crippen molar-refractivity contribution in [3.8, 4) is 0 Å². The lowest BCUT2D eigenvalue weighted by molar-refractivity contribution is 0.168. The van der Waals surface area contributed by atoms with E-state index < -0.39 is 11.1 Å². The van der Waals surface area contributed by atoms with E-state index in [4.69, 9.17) is 9.47 Å². The van der Waals surface area contributed by atoms with Gasteiger partial charge in [-0.3, -0.25) is 0 Å². The van der Waals surface area contributed by atoms with Crippen LogP contribution in [0.2, 0.25) is 0 Å². The number of nitrogens with zero attached hydrogens (tertiary/aromatic N) is 2. The van der Waals surface area contributed by atoms with Crippen LogP contribution in [0.5, 0.6) is 0 Å². The van der Waals surface area contributed by atoms with Crippen molar-refractivity contribution in [3.63, 3.8) is 0 Å². The fourth-order valence-electron chi connectivity index (χ4n) is 2.18. The molecule has 114 valence electrons. The maximum absolute atomic E-state index is 9.19. The van der Waals surface area contributed by atoms with Gasteiger partial charge in [0.25, 0.3) is 0 Å². The van der Waals surface area contributed by atoms with Crippen LogP contribution in [-0.2, 0) is 9.47 Å². The number of unbranched alkanes of at least 4 members (excludes halogenated alkanes) is 1. The minimum atomic E-state index is -0.461. The van der Waals surface area contributed by atoms with E-state index in [-0.39, 0.29) is 13.2 Å². The number of ether oxygens (including phenoxy) is 2. The summed E-state index contributed by atoms with van der Waals surface area (Å²) < 4.78 is 11.0. The summed E-state index contributed by atoms with van der Waals surface area (Å²) in [4.78, 5) is 8.79. The van der Waals surface area contributed by atoms with Crippen LogP contribution in [0.4, 0.5) is 0 Å².